The van der Waals surface area contributed by atoms with Crippen LogP contribution in [0.25, 0.3) is 10.9 Å². The Hall–Kier alpha value is -3.51. The molecule has 1 aliphatic heterocycles. The normalized spacial score (nSPS) is 15.1. The summed E-state index contributed by atoms with van der Waals surface area (Å²) < 4.78 is 5.86. The van der Waals surface area contributed by atoms with Gasteiger partial charge < -0.3 is 14.5 Å². The first kappa shape index (κ1) is 20.4. The average Bonchev–Trinajstić information content (AvgIpc) is 2.84. The molecule has 5 rings (SSSR count). The Kier molecular flexibility index (Phi) is 5.69. The number of benzene rings is 2. The van der Waals surface area contributed by atoms with Gasteiger partial charge >= 0.3 is 6.01 Å². The van der Waals surface area contributed by atoms with E-state index >= 15 is 0 Å². The van der Waals surface area contributed by atoms with E-state index in [0.29, 0.717) is 17.7 Å². The van der Waals surface area contributed by atoms with Gasteiger partial charge in [-0.3, -0.25) is 4.98 Å². The third kappa shape index (κ3) is 4.41. The van der Waals surface area contributed by atoms with Crippen LogP contribution < -0.4 is 9.64 Å². The van der Waals surface area contributed by atoms with Gasteiger partial charge in [-0.2, -0.15) is 4.98 Å². The molecule has 2 aromatic carbocycles. The van der Waals surface area contributed by atoms with Crippen molar-refractivity contribution in [2.24, 2.45) is 0 Å². The Balaban J connectivity index is 1.29. The van der Waals surface area contributed by atoms with Gasteiger partial charge in [0.15, 0.2) is 0 Å². The van der Waals surface area contributed by atoms with Crippen molar-refractivity contribution in [3.05, 3.63) is 78.8 Å². The van der Waals surface area contributed by atoms with Gasteiger partial charge in [0.25, 0.3) is 0 Å². The van der Waals surface area contributed by atoms with E-state index in [0.717, 1.165) is 16.6 Å². The van der Waals surface area contributed by atoms with Crippen LogP contribution in [0.15, 0.2) is 73.2 Å². The van der Waals surface area contributed by atoms with E-state index in [2.05, 4.69) is 75.2 Å². The standard InChI is InChI=1S/C26H27N5O/c1-30-14-11-19(12-15-30)20-4-3-5-23(16-20)31(2)22-6-8-24(9-7-22)32-26-28-17-21-10-13-27-18-25(21)29-26/h3-10,13,16-19H,11-12,14-15H2,1-2H3. The number of rotatable bonds is 5. The molecule has 0 unspecified atom stereocenters. The highest BCUT2D eigenvalue weighted by atomic mass is 16.5. The zero-order valence-electron chi connectivity index (χ0n) is 18.5. The monoisotopic (exact) mass is 425 g/mol. The van der Waals surface area contributed by atoms with Gasteiger partial charge in [-0.25, -0.2) is 4.98 Å². The molecule has 0 atom stereocenters. The Morgan fingerprint density at radius 1 is 0.969 bits per heavy atom. The molecule has 0 amide bonds. The predicted octanol–water partition coefficient (Wildman–Crippen LogP) is 5.39. The Labute approximate surface area is 188 Å². The third-order valence-electron chi connectivity index (χ3n) is 6.24. The van der Waals surface area contributed by atoms with Crippen molar-refractivity contribution in [1.29, 1.82) is 0 Å². The van der Waals surface area contributed by atoms with E-state index in [1.807, 2.05) is 18.2 Å². The summed E-state index contributed by atoms with van der Waals surface area (Å²) in [4.78, 5) is 17.4. The van der Waals surface area contributed by atoms with Crippen molar-refractivity contribution < 1.29 is 4.74 Å². The summed E-state index contributed by atoms with van der Waals surface area (Å²) in [5, 5.41) is 0.937. The van der Waals surface area contributed by atoms with Crippen molar-refractivity contribution in [2.45, 2.75) is 18.8 Å². The summed E-state index contributed by atoms with van der Waals surface area (Å²) in [6.07, 6.45) is 7.64. The molecule has 32 heavy (non-hydrogen) atoms. The summed E-state index contributed by atoms with van der Waals surface area (Å²) in [6.45, 7) is 2.34. The molecule has 0 spiro atoms. The van der Waals surface area contributed by atoms with E-state index in [1.165, 1.54) is 37.2 Å². The molecule has 0 bridgehead atoms. The fraction of sp³-hybridized carbons (Fsp3) is 0.269. The van der Waals surface area contributed by atoms with Gasteiger partial charge in [0.1, 0.15) is 5.75 Å². The van der Waals surface area contributed by atoms with Crippen LogP contribution in [-0.4, -0.2) is 47.0 Å². The molecule has 1 saturated heterocycles. The molecule has 1 aliphatic rings. The molecule has 0 aliphatic carbocycles. The maximum absolute atomic E-state index is 5.86. The van der Waals surface area contributed by atoms with Gasteiger partial charge in [-0.15, -0.1) is 0 Å². The van der Waals surface area contributed by atoms with Crippen LogP contribution in [0.4, 0.5) is 11.4 Å². The highest BCUT2D eigenvalue weighted by Crippen LogP contribution is 2.32. The minimum atomic E-state index is 0.317. The van der Waals surface area contributed by atoms with Crippen LogP contribution >= 0.6 is 0 Å². The number of piperidine rings is 1. The second-order valence-electron chi connectivity index (χ2n) is 8.41. The number of hydrogen-bond donors (Lipinski definition) is 0. The van der Waals surface area contributed by atoms with Crippen LogP contribution in [0, 0.1) is 0 Å². The molecule has 2 aromatic heterocycles. The number of pyridine rings is 1. The van der Waals surface area contributed by atoms with Crippen LogP contribution in [-0.2, 0) is 0 Å². The minimum Gasteiger partial charge on any atom is -0.424 e. The molecule has 4 aromatic rings. The maximum atomic E-state index is 5.86. The van der Waals surface area contributed by atoms with Gasteiger partial charge in [0.05, 0.1) is 11.7 Å². The van der Waals surface area contributed by atoms with Crippen molar-refractivity contribution in [2.75, 3.05) is 32.1 Å². The Bertz CT molecular complexity index is 1200. The predicted molar refractivity (Wildman–Crippen MR) is 128 cm³/mol. The average molecular weight is 426 g/mol. The minimum absolute atomic E-state index is 0.317. The number of nitrogens with zero attached hydrogens (tertiary/aromatic N) is 5. The van der Waals surface area contributed by atoms with Crippen molar-refractivity contribution in [1.82, 2.24) is 19.9 Å². The molecule has 6 nitrogen and oxygen atoms in total. The summed E-state index contributed by atoms with van der Waals surface area (Å²) in [5.41, 5.74) is 4.49. The second kappa shape index (κ2) is 8.93. The zero-order chi connectivity index (χ0) is 21.9. The highest BCUT2D eigenvalue weighted by molar-refractivity contribution is 5.76. The number of aromatic nitrogens is 3. The molecule has 162 valence electrons. The van der Waals surface area contributed by atoms with E-state index < -0.39 is 0 Å². The first-order valence-electron chi connectivity index (χ1n) is 11.0. The smallest absolute Gasteiger partial charge is 0.322 e. The third-order valence-corrected chi connectivity index (χ3v) is 6.24. The largest absolute Gasteiger partial charge is 0.424 e. The molecule has 6 heteroatoms. The molecule has 0 saturated carbocycles. The van der Waals surface area contributed by atoms with E-state index in [-0.39, 0.29) is 0 Å². The fourth-order valence-electron chi connectivity index (χ4n) is 4.23. The lowest BCUT2D eigenvalue weighted by Gasteiger charge is -2.30. The number of ether oxygens (including phenoxy) is 1. The SMILES string of the molecule is CN1CCC(c2cccc(N(C)c3ccc(Oc4ncc5ccncc5n4)cc3)c2)CC1. The van der Waals surface area contributed by atoms with Gasteiger partial charge in [0, 0.05) is 36.2 Å². The summed E-state index contributed by atoms with van der Waals surface area (Å²) >= 11 is 0. The topological polar surface area (TPSA) is 54.4 Å². The number of fused-ring (bicyclic) bond motifs is 1. The first-order chi connectivity index (χ1) is 15.7. The summed E-state index contributed by atoms with van der Waals surface area (Å²) in [7, 11) is 4.31. The van der Waals surface area contributed by atoms with Gasteiger partial charge in [0.2, 0.25) is 0 Å². The summed E-state index contributed by atoms with van der Waals surface area (Å²) in [6, 6.07) is 19.1. The molecule has 0 radical (unpaired) electrons. The molecule has 0 N–H and O–H groups in total. The molecular weight excluding hydrogens is 398 g/mol. The van der Waals surface area contributed by atoms with Crippen molar-refractivity contribution in [3.8, 4) is 11.8 Å². The number of likely N-dealkylation sites (tertiary alicyclic amines) is 1. The van der Waals surface area contributed by atoms with Crippen LogP contribution in [0.3, 0.4) is 0 Å². The quantitative estimate of drug-likeness (QED) is 0.427. The highest BCUT2D eigenvalue weighted by Gasteiger charge is 2.19. The van der Waals surface area contributed by atoms with Gasteiger partial charge in [-0.05, 0) is 86.9 Å². The fourth-order valence-corrected chi connectivity index (χ4v) is 4.23. The first-order valence-corrected chi connectivity index (χ1v) is 11.0. The van der Waals surface area contributed by atoms with Crippen LogP contribution in [0.5, 0.6) is 11.8 Å². The maximum Gasteiger partial charge on any atom is 0.322 e. The lowest BCUT2D eigenvalue weighted by molar-refractivity contribution is 0.255. The molecule has 3 heterocycles. The molecule has 1 fully saturated rings. The number of hydrogen-bond acceptors (Lipinski definition) is 6. The molecular formula is C26H27N5O. The van der Waals surface area contributed by atoms with Crippen LogP contribution in [0.1, 0.15) is 24.3 Å². The van der Waals surface area contributed by atoms with Gasteiger partial charge in [-0.1, -0.05) is 12.1 Å². The second-order valence-corrected chi connectivity index (χ2v) is 8.41. The van der Waals surface area contributed by atoms with Crippen molar-refractivity contribution in [3.63, 3.8) is 0 Å². The zero-order valence-corrected chi connectivity index (χ0v) is 18.5. The summed E-state index contributed by atoms with van der Waals surface area (Å²) in [5.74, 6) is 1.35. The van der Waals surface area contributed by atoms with E-state index in [1.54, 1.807) is 18.6 Å². The Morgan fingerprint density at radius 3 is 2.59 bits per heavy atom. The van der Waals surface area contributed by atoms with E-state index in [4.69, 9.17) is 4.74 Å². The Morgan fingerprint density at radius 2 is 1.78 bits per heavy atom. The van der Waals surface area contributed by atoms with Crippen LogP contribution in [0.2, 0.25) is 0 Å². The number of anilines is 2. The lowest BCUT2D eigenvalue weighted by atomic mass is 9.89. The van der Waals surface area contributed by atoms with Crippen molar-refractivity contribution >= 4 is 22.3 Å². The lowest BCUT2D eigenvalue weighted by Crippen LogP contribution is -2.29. The van der Waals surface area contributed by atoms with E-state index in [9.17, 15) is 0 Å².